The quantitative estimate of drug-likeness (QED) is 0.870. The molecule has 0 spiro atoms. The molecule has 0 bridgehead atoms. The van der Waals surface area contributed by atoms with Gasteiger partial charge >= 0.3 is 0 Å². The van der Waals surface area contributed by atoms with E-state index in [0.717, 1.165) is 35.4 Å². The molecule has 2 rings (SSSR count). The molecule has 4 heteroatoms. The molecule has 2 nitrogen and oxygen atoms in total. The molecule has 2 unspecified atom stereocenters. The fourth-order valence-electron chi connectivity index (χ4n) is 2.63. The molecule has 2 atom stereocenters. The monoisotopic (exact) mass is 344 g/mol. The normalized spacial score (nSPS) is 27.6. The number of piperazine rings is 1. The van der Waals surface area contributed by atoms with Crippen LogP contribution < -0.4 is 10.2 Å². The molecule has 0 aromatic heterocycles. The number of halogens is 2. The average molecular weight is 346 g/mol. The fourth-order valence-corrected chi connectivity index (χ4v) is 3.54. The molecular weight excluding hydrogens is 324 g/mol. The molecule has 0 amide bonds. The van der Waals surface area contributed by atoms with E-state index in [9.17, 15) is 0 Å². The zero-order chi connectivity index (χ0) is 14.0. The van der Waals surface area contributed by atoms with Gasteiger partial charge in [-0.1, -0.05) is 25.4 Å². The maximum absolute atomic E-state index is 6.05. The molecular formula is C15H22BrClN2. The summed E-state index contributed by atoms with van der Waals surface area (Å²) in [6, 6.07) is 6.61. The molecule has 1 aromatic carbocycles. The number of hydrogen-bond acceptors (Lipinski definition) is 2. The standard InChI is InChI=1S/C15H22BrClN2/c1-4-12-9-18-15(3,5-2)10-19(12)14-7-6-11(17)8-13(14)16/h6-8,12,18H,4-5,9-10H2,1-3H3. The van der Waals surface area contributed by atoms with Crippen molar-refractivity contribution in [1.82, 2.24) is 5.32 Å². The Morgan fingerprint density at radius 2 is 2.21 bits per heavy atom. The van der Waals surface area contributed by atoms with Crippen LogP contribution in [0.2, 0.25) is 5.02 Å². The molecule has 1 heterocycles. The molecule has 0 aliphatic carbocycles. The van der Waals surface area contributed by atoms with Crippen molar-refractivity contribution in [2.75, 3.05) is 18.0 Å². The number of hydrogen-bond donors (Lipinski definition) is 1. The number of rotatable bonds is 3. The van der Waals surface area contributed by atoms with E-state index in [1.807, 2.05) is 12.1 Å². The summed E-state index contributed by atoms with van der Waals surface area (Å²) in [5, 5.41) is 4.47. The first-order valence-corrected chi connectivity index (χ1v) is 8.13. The van der Waals surface area contributed by atoms with E-state index in [0.29, 0.717) is 6.04 Å². The summed E-state index contributed by atoms with van der Waals surface area (Å²) in [5.74, 6) is 0. The van der Waals surface area contributed by atoms with Crippen molar-refractivity contribution in [3.05, 3.63) is 27.7 Å². The van der Waals surface area contributed by atoms with Gasteiger partial charge in [-0.15, -0.1) is 0 Å². The van der Waals surface area contributed by atoms with Gasteiger partial charge in [-0.25, -0.2) is 0 Å². The maximum atomic E-state index is 6.05. The minimum Gasteiger partial charge on any atom is -0.365 e. The lowest BCUT2D eigenvalue weighted by molar-refractivity contribution is 0.276. The summed E-state index contributed by atoms with van der Waals surface area (Å²) in [7, 11) is 0. The van der Waals surface area contributed by atoms with Crippen LogP contribution in [0, 0.1) is 0 Å². The smallest absolute Gasteiger partial charge is 0.0515 e. The molecule has 1 fully saturated rings. The third-order valence-electron chi connectivity index (χ3n) is 4.20. The number of anilines is 1. The molecule has 0 radical (unpaired) electrons. The summed E-state index contributed by atoms with van der Waals surface area (Å²) in [5.41, 5.74) is 1.43. The van der Waals surface area contributed by atoms with Crippen molar-refractivity contribution in [2.45, 2.75) is 45.2 Å². The van der Waals surface area contributed by atoms with Crippen LogP contribution in [0.25, 0.3) is 0 Å². The summed E-state index contributed by atoms with van der Waals surface area (Å²) in [6.45, 7) is 8.86. The second-order valence-electron chi connectivity index (χ2n) is 5.58. The third-order valence-corrected chi connectivity index (χ3v) is 5.07. The predicted molar refractivity (Wildman–Crippen MR) is 87.3 cm³/mol. The van der Waals surface area contributed by atoms with Gasteiger partial charge in [-0.05, 0) is 53.9 Å². The van der Waals surface area contributed by atoms with Crippen molar-refractivity contribution in [3.63, 3.8) is 0 Å². The highest BCUT2D eigenvalue weighted by atomic mass is 79.9. The highest BCUT2D eigenvalue weighted by Crippen LogP contribution is 2.34. The first kappa shape index (κ1) is 15.1. The Morgan fingerprint density at radius 3 is 2.79 bits per heavy atom. The topological polar surface area (TPSA) is 15.3 Å². The van der Waals surface area contributed by atoms with Crippen LogP contribution in [0.5, 0.6) is 0 Å². The Morgan fingerprint density at radius 1 is 1.47 bits per heavy atom. The molecule has 106 valence electrons. The largest absolute Gasteiger partial charge is 0.365 e. The Hall–Kier alpha value is -0.250. The van der Waals surface area contributed by atoms with Crippen LogP contribution in [0.1, 0.15) is 33.6 Å². The molecule has 1 N–H and O–H groups in total. The van der Waals surface area contributed by atoms with Gasteiger partial charge in [0.1, 0.15) is 0 Å². The Bertz CT molecular complexity index is 452. The zero-order valence-electron chi connectivity index (χ0n) is 11.8. The van der Waals surface area contributed by atoms with Crippen LogP contribution in [0.3, 0.4) is 0 Å². The number of nitrogens with zero attached hydrogens (tertiary/aromatic N) is 1. The summed E-state index contributed by atoms with van der Waals surface area (Å²) in [4.78, 5) is 2.51. The van der Waals surface area contributed by atoms with Crippen molar-refractivity contribution < 1.29 is 0 Å². The van der Waals surface area contributed by atoms with Crippen molar-refractivity contribution in [1.29, 1.82) is 0 Å². The first-order chi connectivity index (χ1) is 8.99. The van der Waals surface area contributed by atoms with Gasteiger partial charge < -0.3 is 10.2 Å². The van der Waals surface area contributed by atoms with E-state index in [2.05, 4.69) is 53.0 Å². The van der Waals surface area contributed by atoms with Gasteiger partial charge in [-0.3, -0.25) is 0 Å². The van der Waals surface area contributed by atoms with Crippen molar-refractivity contribution >= 4 is 33.2 Å². The van der Waals surface area contributed by atoms with Gasteiger partial charge in [-0.2, -0.15) is 0 Å². The fraction of sp³-hybridized carbons (Fsp3) is 0.600. The molecule has 1 aliphatic rings. The highest BCUT2D eigenvalue weighted by molar-refractivity contribution is 9.10. The maximum Gasteiger partial charge on any atom is 0.0515 e. The van der Waals surface area contributed by atoms with Crippen LogP contribution in [-0.2, 0) is 0 Å². The van der Waals surface area contributed by atoms with E-state index < -0.39 is 0 Å². The van der Waals surface area contributed by atoms with Crippen molar-refractivity contribution in [3.8, 4) is 0 Å². The van der Waals surface area contributed by atoms with Crippen LogP contribution >= 0.6 is 27.5 Å². The van der Waals surface area contributed by atoms with Crippen LogP contribution in [0.15, 0.2) is 22.7 Å². The van der Waals surface area contributed by atoms with E-state index in [4.69, 9.17) is 11.6 Å². The van der Waals surface area contributed by atoms with Crippen LogP contribution in [-0.4, -0.2) is 24.7 Å². The van der Waals surface area contributed by atoms with Gasteiger partial charge in [0.25, 0.3) is 0 Å². The molecule has 1 saturated heterocycles. The second-order valence-corrected chi connectivity index (χ2v) is 6.87. The summed E-state index contributed by atoms with van der Waals surface area (Å²) < 4.78 is 1.08. The number of benzene rings is 1. The minimum absolute atomic E-state index is 0.185. The van der Waals surface area contributed by atoms with Gasteiger partial charge in [0.05, 0.1) is 5.69 Å². The van der Waals surface area contributed by atoms with E-state index in [1.165, 1.54) is 5.69 Å². The van der Waals surface area contributed by atoms with E-state index in [-0.39, 0.29) is 5.54 Å². The lowest BCUT2D eigenvalue weighted by atomic mass is 9.92. The Balaban J connectivity index is 2.32. The Kier molecular flexibility index (Phi) is 4.80. The highest BCUT2D eigenvalue weighted by Gasteiger charge is 2.34. The van der Waals surface area contributed by atoms with Crippen molar-refractivity contribution in [2.24, 2.45) is 0 Å². The lowest BCUT2D eigenvalue weighted by Crippen LogP contribution is -2.62. The molecule has 0 saturated carbocycles. The van der Waals surface area contributed by atoms with Gasteiger partial charge in [0, 0.05) is 34.2 Å². The summed E-state index contributed by atoms with van der Waals surface area (Å²) >= 11 is 9.70. The number of nitrogens with one attached hydrogen (secondary N) is 1. The van der Waals surface area contributed by atoms with E-state index >= 15 is 0 Å². The van der Waals surface area contributed by atoms with Gasteiger partial charge in [0.15, 0.2) is 0 Å². The lowest BCUT2D eigenvalue weighted by Gasteiger charge is -2.47. The third kappa shape index (κ3) is 3.26. The Labute approximate surface area is 129 Å². The van der Waals surface area contributed by atoms with Gasteiger partial charge in [0.2, 0.25) is 0 Å². The molecule has 1 aromatic rings. The second kappa shape index (κ2) is 6.02. The first-order valence-electron chi connectivity index (χ1n) is 6.96. The minimum atomic E-state index is 0.185. The molecule has 1 aliphatic heterocycles. The zero-order valence-corrected chi connectivity index (χ0v) is 14.2. The predicted octanol–water partition coefficient (Wildman–Crippen LogP) is 4.46. The molecule has 19 heavy (non-hydrogen) atoms. The average Bonchev–Trinajstić information content (AvgIpc) is 2.39. The van der Waals surface area contributed by atoms with Crippen LogP contribution in [0.4, 0.5) is 5.69 Å². The summed E-state index contributed by atoms with van der Waals surface area (Å²) in [6.07, 6.45) is 2.27. The van der Waals surface area contributed by atoms with E-state index in [1.54, 1.807) is 0 Å². The SMILES string of the molecule is CCC1CNC(C)(CC)CN1c1ccc(Cl)cc1Br.